The molecule has 0 radical (unpaired) electrons. The van der Waals surface area contributed by atoms with E-state index in [1.807, 2.05) is 6.07 Å². The van der Waals surface area contributed by atoms with E-state index in [9.17, 15) is 0 Å². The van der Waals surface area contributed by atoms with Gasteiger partial charge in [0.05, 0.1) is 6.54 Å². The molecule has 2 fully saturated rings. The number of likely N-dealkylation sites (tertiary alicyclic amines) is 1. The second kappa shape index (κ2) is 5.76. The van der Waals surface area contributed by atoms with Crippen LogP contribution in [0.25, 0.3) is 0 Å². The maximum absolute atomic E-state index is 5.58. The van der Waals surface area contributed by atoms with Gasteiger partial charge in [-0.15, -0.1) is 0 Å². The topological polar surface area (TPSA) is 25.6 Å². The fourth-order valence-corrected chi connectivity index (χ4v) is 3.58. The van der Waals surface area contributed by atoms with Crippen LogP contribution in [0.3, 0.4) is 0 Å². The number of rotatable bonds is 3. The molecule has 0 aliphatic carbocycles. The third-order valence-electron chi connectivity index (χ3n) is 4.25. The predicted molar refractivity (Wildman–Crippen MR) is 73.3 cm³/mol. The van der Waals surface area contributed by atoms with Crippen LogP contribution in [0.2, 0.25) is 0 Å². The molecule has 2 aliphatic rings. The van der Waals surface area contributed by atoms with Crippen LogP contribution in [0.1, 0.15) is 25.0 Å². The minimum Gasteiger partial charge on any atom is -0.453 e. The Morgan fingerprint density at radius 1 is 1.17 bits per heavy atom. The molecule has 0 unspecified atom stereocenters. The zero-order valence-corrected chi connectivity index (χ0v) is 12.2. The van der Waals surface area contributed by atoms with E-state index in [4.69, 9.17) is 9.15 Å². The van der Waals surface area contributed by atoms with Gasteiger partial charge in [-0.3, -0.25) is 4.90 Å². The SMILES string of the molecule is Brc1ccc(CN2CC[C@@H](C3CCOCC3)C2)o1. The van der Waals surface area contributed by atoms with Crippen molar-refractivity contribution in [3.05, 3.63) is 22.6 Å². The highest BCUT2D eigenvalue weighted by Crippen LogP contribution is 2.31. The molecule has 1 atom stereocenters. The molecule has 2 saturated heterocycles. The molecule has 0 spiro atoms. The molecule has 1 aromatic heterocycles. The average Bonchev–Trinajstić information content (AvgIpc) is 3.01. The lowest BCUT2D eigenvalue weighted by atomic mass is 9.85. The van der Waals surface area contributed by atoms with Crippen LogP contribution >= 0.6 is 15.9 Å². The highest BCUT2D eigenvalue weighted by atomic mass is 79.9. The van der Waals surface area contributed by atoms with Gasteiger partial charge in [-0.1, -0.05) is 0 Å². The van der Waals surface area contributed by atoms with Crippen molar-refractivity contribution >= 4 is 15.9 Å². The highest BCUT2D eigenvalue weighted by Gasteiger charge is 2.30. The van der Waals surface area contributed by atoms with Gasteiger partial charge in [0, 0.05) is 19.8 Å². The van der Waals surface area contributed by atoms with Crippen LogP contribution in [0.4, 0.5) is 0 Å². The summed E-state index contributed by atoms with van der Waals surface area (Å²) in [5.74, 6) is 2.81. The van der Waals surface area contributed by atoms with Crippen molar-refractivity contribution < 1.29 is 9.15 Å². The van der Waals surface area contributed by atoms with Crippen LogP contribution in [-0.2, 0) is 11.3 Å². The zero-order chi connectivity index (χ0) is 12.4. The summed E-state index contributed by atoms with van der Waals surface area (Å²) >= 11 is 3.36. The van der Waals surface area contributed by atoms with E-state index < -0.39 is 0 Å². The summed E-state index contributed by atoms with van der Waals surface area (Å²) in [6.45, 7) is 5.31. The van der Waals surface area contributed by atoms with Crippen molar-refractivity contribution in [1.29, 1.82) is 0 Å². The third kappa shape index (κ3) is 2.98. The second-order valence-electron chi connectivity index (χ2n) is 5.44. The first-order valence-electron chi connectivity index (χ1n) is 6.85. The van der Waals surface area contributed by atoms with Gasteiger partial charge in [-0.25, -0.2) is 0 Å². The molecule has 1 aromatic rings. The van der Waals surface area contributed by atoms with Gasteiger partial charge in [0.15, 0.2) is 4.67 Å². The Labute approximate surface area is 117 Å². The van der Waals surface area contributed by atoms with Crippen LogP contribution in [-0.4, -0.2) is 31.2 Å². The summed E-state index contributed by atoms with van der Waals surface area (Å²) in [5, 5.41) is 0. The first-order chi connectivity index (χ1) is 8.81. The maximum atomic E-state index is 5.58. The lowest BCUT2D eigenvalue weighted by Crippen LogP contribution is -2.26. The van der Waals surface area contributed by atoms with E-state index in [0.717, 1.165) is 42.0 Å². The Hall–Kier alpha value is -0.320. The van der Waals surface area contributed by atoms with Gasteiger partial charge >= 0.3 is 0 Å². The van der Waals surface area contributed by atoms with E-state index in [1.54, 1.807) is 0 Å². The molecule has 4 heteroatoms. The largest absolute Gasteiger partial charge is 0.453 e. The fraction of sp³-hybridized carbons (Fsp3) is 0.714. The van der Waals surface area contributed by atoms with Crippen molar-refractivity contribution in [3.8, 4) is 0 Å². The van der Waals surface area contributed by atoms with Gasteiger partial charge in [0.2, 0.25) is 0 Å². The molecule has 0 N–H and O–H groups in total. The van der Waals surface area contributed by atoms with Gasteiger partial charge in [0.1, 0.15) is 5.76 Å². The Morgan fingerprint density at radius 3 is 2.72 bits per heavy atom. The minimum absolute atomic E-state index is 0.831. The molecule has 2 aliphatic heterocycles. The summed E-state index contributed by atoms with van der Waals surface area (Å²) in [6.07, 6.45) is 3.85. The number of halogens is 1. The summed E-state index contributed by atoms with van der Waals surface area (Å²) in [6, 6.07) is 4.03. The Kier molecular flexibility index (Phi) is 4.07. The van der Waals surface area contributed by atoms with Crippen LogP contribution < -0.4 is 0 Å². The van der Waals surface area contributed by atoms with Crippen molar-refractivity contribution in [2.75, 3.05) is 26.3 Å². The van der Waals surface area contributed by atoms with Gasteiger partial charge < -0.3 is 9.15 Å². The van der Waals surface area contributed by atoms with Gasteiger partial charge in [-0.2, -0.15) is 0 Å². The molecule has 18 heavy (non-hydrogen) atoms. The zero-order valence-electron chi connectivity index (χ0n) is 10.6. The second-order valence-corrected chi connectivity index (χ2v) is 6.22. The first kappa shape index (κ1) is 12.7. The molecule has 3 heterocycles. The van der Waals surface area contributed by atoms with E-state index in [0.29, 0.717) is 0 Å². The first-order valence-corrected chi connectivity index (χ1v) is 7.65. The maximum Gasteiger partial charge on any atom is 0.169 e. The van der Waals surface area contributed by atoms with E-state index >= 15 is 0 Å². The molecule has 0 saturated carbocycles. The quantitative estimate of drug-likeness (QED) is 0.856. The monoisotopic (exact) mass is 313 g/mol. The fourth-order valence-electron chi connectivity index (χ4n) is 3.24. The number of ether oxygens (including phenoxy) is 1. The van der Waals surface area contributed by atoms with Crippen molar-refractivity contribution in [2.45, 2.75) is 25.8 Å². The number of furan rings is 1. The normalized spacial score (nSPS) is 26.8. The van der Waals surface area contributed by atoms with Crippen molar-refractivity contribution in [3.63, 3.8) is 0 Å². The molecule has 0 amide bonds. The highest BCUT2D eigenvalue weighted by molar-refractivity contribution is 9.10. The number of hydrogen-bond donors (Lipinski definition) is 0. The van der Waals surface area contributed by atoms with Crippen LogP contribution in [0, 0.1) is 11.8 Å². The smallest absolute Gasteiger partial charge is 0.169 e. The summed E-state index contributed by atoms with van der Waals surface area (Å²) in [7, 11) is 0. The molecule has 3 rings (SSSR count). The average molecular weight is 314 g/mol. The lowest BCUT2D eigenvalue weighted by Gasteiger charge is -2.27. The van der Waals surface area contributed by atoms with Crippen LogP contribution in [0.15, 0.2) is 21.2 Å². The molecular formula is C14H20BrNO2. The molecule has 0 bridgehead atoms. The molecule has 3 nitrogen and oxygen atoms in total. The van der Waals surface area contributed by atoms with Crippen LogP contribution in [0.5, 0.6) is 0 Å². The van der Waals surface area contributed by atoms with Gasteiger partial charge in [0.25, 0.3) is 0 Å². The van der Waals surface area contributed by atoms with E-state index in [1.165, 1.54) is 32.4 Å². The van der Waals surface area contributed by atoms with E-state index in [-0.39, 0.29) is 0 Å². The van der Waals surface area contributed by atoms with E-state index in [2.05, 4.69) is 26.9 Å². The Bertz CT molecular complexity index is 387. The van der Waals surface area contributed by atoms with Crippen molar-refractivity contribution in [1.82, 2.24) is 4.90 Å². The lowest BCUT2D eigenvalue weighted by molar-refractivity contribution is 0.0476. The summed E-state index contributed by atoms with van der Waals surface area (Å²) in [4.78, 5) is 2.52. The molecule has 0 aromatic carbocycles. The standard InChI is InChI=1S/C14H20BrNO2/c15-14-2-1-13(18-14)10-16-6-3-12(9-16)11-4-7-17-8-5-11/h1-2,11-12H,3-10H2/t12-/m1/s1. The Morgan fingerprint density at radius 2 is 2.00 bits per heavy atom. The summed E-state index contributed by atoms with van der Waals surface area (Å²) in [5.41, 5.74) is 0. The minimum atomic E-state index is 0.831. The summed E-state index contributed by atoms with van der Waals surface area (Å²) < 4.78 is 11.9. The number of hydrogen-bond acceptors (Lipinski definition) is 3. The molecule has 100 valence electrons. The van der Waals surface area contributed by atoms with Crippen molar-refractivity contribution in [2.24, 2.45) is 11.8 Å². The molecular weight excluding hydrogens is 294 g/mol. The number of nitrogens with zero attached hydrogens (tertiary/aromatic N) is 1. The predicted octanol–water partition coefficient (Wildman–Crippen LogP) is 3.29. The Balaban J connectivity index is 1.51. The van der Waals surface area contributed by atoms with Gasteiger partial charge in [-0.05, 0) is 65.7 Å². The third-order valence-corrected chi connectivity index (χ3v) is 4.68.